The molecule has 6 nitrogen and oxygen atoms in total. The SMILES string of the molecule is CCOP(=O)(OCC)C(O[P+]1([S-])OCC(C)(C)[C@H](c2ccccc2)O1)c1ccc(C)cc1. The van der Waals surface area contributed by atoms with E-state index in [2.05, 4.69) is 13.8 Å². The van der Waals surface area contributed by atoms with Gasteiger partial charge in [0.25, 0.3) is 7.15 Å². The molecule has 2 aromatic rings. The lowest BCUT2D eigenvalue weighted by Crippen LogP contribution is -2.35. The Morgan fingerprint density at radius 1 is 1.09 bits per heavy atom. The minimum Gasteiger partial charge on any atom is -0.459 e. The average molecular weight is 499 g/mol. The summed E-state index contributed by atoms with van der Waals surface area (Å²) in [4.78, 5) is 0. The standard InChI is InChI=1S/C23H32O6P2S/c1-6-25-30(24,26-7-2)22(20-15-13-18(3)14-16-20)29-31(32)27-17-23(4,5)21(28-31)19-11-9-8-10-12-19/h8-16,21-22H,6-7,17H2,1-5H3/t21-,22?,31?/m0/s1. The molecule has 1 saturated heterocycles. The van der Waals surface area contributed by atoms with Crippen molar-refractivity contribution in [1.29, 1.82) is 0 Å². The minimum atomic E-state index is -3.72. The molecular weight excluding hydrogens is 466 g/mol. The lowest BCUT2D eigenvalue weighted by atomic mass is 9.83. The van der Waals surface area contributed by atoms with Gasteiger partial charge in [0.1, 0.15) is 12.7 Å². The number of aryl methyl sites for hydroxylation is 1. The first kappa shape index (κ1) is 25.9. The Hall–Kier alpha value is -0.750. The largest absolute Gasteiger partial charge is 0.459 e. The van der Waals surface area contributed by atoms with Crippen molar-refractivity contribution in [2.24, 2.45) is 5.41 Å². The van der Waals surface area contributed by atoms with Crippen molar-refractivity contribution >= 4 is 27.0 Å². The van der Waals surface area contributed by atoms with E-state index in [1.165, 1.54) is 0 Å². The number of benzene rings is 2. The summed E-state index contributed by atoms with van der Waals surface area (Å²) >= 11 is 5.78. The van der Waals surface area contributed by atoms with Crippen molar-refractivity contribution in [3.8, 4) is 0 Å². The van der Waals surface area contributed by atoms with E-state index in [9.17, 15) is 4.57 Å². The summed E-state index contributed by atoms with van der Waals surface area (Å²) in [7, 11) is -7.01. The lowest BCUT2D eigenvalue weighted by molar-refractivity contribution is -0.0436. The van der Waals surface area contributed by atoms with Crippen LogP contribution in [0.5, 0.6) is 0 Å². The van der Waals surface area contributed by atoms with Gasteiger partial charge in [-0.3, -0.25) is 4.57 Å². The maximum atomic E-state index is 13.8. The Morgan fingerprint density at radius 2 is 1.69 bits per heavy atom. The summed E-state index contributed by atoms with van der Waals surface area (Å²) in [5, 5.41) is 0. The molecule has 32 heavy (non-hydrogen) atoms. The molecule has 1 fully saturated rings. The summed E-state index contributed by atoms with van der Waals surface area (Å²) in [6, 6.07) is 17.4. The van der Waals surface area contributed by atoms with Crippen LogP contribution in [0, 0.1) is 12.3 Å². The van der Waals surface area contributed by atoms with E-state index in [1.807, 2.05) is 61.5 Å². The molecule has 1 aliphatic heterocycles. The van der Waals surface area contributed by atoms with Gasteiger partial charge in [-0.05, 0) is 31.9 Å². The van der Waals surface area contributed by atoms with Crippen molar-refractivity contribution in [2.75, 3.05) is 19.8 Å². The van der Waals surface area contributed by atoms with Crippen LogP contribution >= 0.6 is 14.7 Å². The maximum Gasteiger partial charge on any atom is 0.368 e. The molecule has 2 unspecified atom stereocenters. The van der Waals surface area contributed by atoms with Gasteiger partial charge in [-0.25, -0.2) is 0 Å². The van der Waals surface area contributed by atoms with Crippen LogP contribution in [0.2, 0.25) is 0 Å². The van der Waals surface area contributed by atoms with Gasteiger partial charge in [0.15, 0.2) is 0 Å². The third-order valence-electron chi connectivity index (χ3n) is 5.14. The number of hydrogen-bond donors (Lipinski definition) is 0. The van der Waals surface area contributed by atoms with E-state index in [0.717, 1.165) is 11.1 Å². The van der Waals surface area contributed by atoms with Crippen LogP contribution in [0.4, 0.5) is 0 Å². The molecule has 1 heterocycles. The predicted molar refractivity (Wildman–Crippen MR) is 130 cm³/mol. The second-order valence-electron chi connectivity index (χ2n) is 8.35. The van der Waals surface area contributed by atoms with Gasteiger partial charge in [0, 0.05) is 5.41 Å². The van der Waals surface area contributed by atoms with E-state index < -0.39 is 20.6 Å². The van der Waals surface area contributed by atoms with E-state index in [0.29, 0.717) is 12.2 Å². The molecule has 0 radical (unpaired) electrons. The van der Waals surface area contributed by atoms with Crippen LogP contribution < -0.4 is 0 Å². The van der Waals surface area contributed by atoms with Gasteiger partial charge >= 0.3 is 7.60 Å². The van der Waals surface area contributed by atoms with Gasteiger partial charge in [-0.2, -0.15) is 13.6 Å². The summed E-state index contributed by atoms with van der Waals surface area (Å²) in [5.41, 5.74) is 2.37. The second kappa shape index (κ2) is 10.7. The summed E-state index contributed by atoms with van der Waals surface area (Å²) in [5.74, 6) is -1.06. The van der Waals surface area contributed by atoms with Crippen LogP contribution in [-0.2, 0) is 39.4 Å². The molecule has 1 aliphatic rings. The molecule has 176 valence electrons. The van der Waals surface area contributed by atoms with Crippen LogP contribution in [-0.4, -0.2) is 19.8 Å². The number of hydrogen-bond acceptors (Lipinski definition) is 7. The molecule has 0 saturated carbocycles. The van der Waals surface area contributed by atoms with Crippen LogP contribution in [0.25, 0.3) is 0 Å². The molecule has 0 aromatic heterocycles. The van der Waals surface area contributed by atoms with Gasteiger partial charge < -0.3 is 21.3 Å². The monoisotopic (exact) mass is 498 g/mol. The van der Waals surface area contributed by atoms with Crippen molar-refractivity contribution < 1.29 is 27.2 Å². The summed E-state index contributed by atoms with van der Waals surface area (Å²) in [6.07, 6.45) is -0.333. The van der Waals surface area contributed by atoms with Crippen LogP contribution in [0.3, 0.4) is 0 Å². The van der Waals surface area contributed by atoms with E-state index in [-0.39, 0.29) is 24.7 Å². The molecule has 0 N–H and O–H groups in total. The molecular formula is C23H32O6P2S. The van der Waals surface area contributed by atoms with Gasteiger partial charge in [-0.15, -0.1) is 0 Å². The zero-order valence-electron chi connectivity index (χ0n) is 19.2. The smallest absolute Gasteiger partial charge is 0.368 e. The first-order chi connectivity index (χ1) is 15.1. The van der Waals surface area contributed by atoms with Gasteiger partial charge in [-0.1, -0.05) is 74.0 Å². The fourth-order valence-corrected chi connectivity index (χ4v) is 8.50. The highest BCUT2D eigenvalue weighted by Gasteiger charge is 2.53. The fraction of sp³-hybridized carbons (Fsp3) is 0.478. The minimum absolute atomic E-state index is 0.202. The first-order valence-corrected chi connectivity index (χ1v) is 14.9. The van der Waals surface area contributed by atoms with Crippen molar-refractivity contribution in [2.45, 2.75) is 46.6 Å². The fourth-order valence-electron chi connectivity index (χ4n) is 3.51. The Bertz CT molecular complexity index is 914. The highest BCUT2D eigenvalue weighted by molar-refractivity contribution is 8.36. The topological polar surface area (TPSA) is 63.2 Å². The second-order valence-corrected chi connectivity index (χ2v) is 13.3. The maximum absolute atomic E-state index is 13.8. The average Bonchev–Trinajstić information content (AvgIpc) is 2.76. The molecule has 0 amide bonds. The predicted octanol–water partition coefficient (Wildman–Crippen LogP) is 7.32. The highest BCUT2D eigenvalue weighted by Crippen LogP contribution is 2.75. The Kier molecular flexibility index (Phi) is 8.62. The molecule has 2 aromatic carbocycles. The highest BCUT2D eigenvalue weighted by atomic mass is 32.7. The zero-order chi connectivity index (χ0) is 23.4. The number of rotatable bonds is 9. The molecule has 0 bridgehead atoms. The Morgan fingerprint density at radius 3 is 2.25 bits per heavy atom. The zero-order valence-corrected chi connectivity index (χ0v) is 21.8. The van der Waals surface area contributed by atoms with E-state index >= 15 is 0 Å². The lowest BCUT2D eigenvalue weighted by Gasteiger charge is -2.44. The third-order valence-corrected chi connectivity index (χ3v) is 9.73. The van der Waals surface area contributed by atoms with Gasteiger partial charge in [0.2, 0.25) is 5.85 Å². The van der Waals surface area contributed by atoms with Gasteiger partial charge in [0.05, 0.1) is 13.2 Å². The summed E-state index contributed by atoms with van der Waals surface area (Å²) < 4.78 is 43.7. The molecule has 0 aliphatic carbocycles. The van der Waals surface area contributed by atoms with Crippen LogP contribution in [0.1, 0.15) is 56.3 Å². The molecule has 3 atom stereocenters. The Balaban J connectivity index is 1.97. The summed E-state index contributed by atoms with van der Waals surface area (Å²) in [6.45, 7) is 10.4. The van der Waals surface area contributed by atoms with E-state index in [1.54, 1.807) is 13.8 Å². The third kappa shape index (κ3) is 6.02. The van der Waals surface area contributed by atoms with E-state index in [4.69, 9.17) is 34.9 Å². The van der Waals surface area contributed by atoms with Crippen LogP contribution in [0.15, 0.2) is 54.6 Å². The normalized spacial score (nSPS) is 24.2. The first-order valence-electron chi connectivity index (χ1n) is 10.7. The molecule has 3 rings (SSSR count). The Labute approximate surface area is 197 Å². The quantitative estimate of drug-likeness (QED) is 0.265. The molecule has 9 heteroatoms. The van der Waals surface area contributed by atoms with Crippen molar-refractivity contribution in [1.82, 2.24) is 0 Å². The van der Waals surface area contributed by atoms with Crippen molar-refractivity contribution in [3.63, 3.8) is 0 Å². The molecule has 0 spiro atoms. The van der Waals surface area contributed by atoms with Crippen molar-refractivity contribution in [3.05, 3.63) is 71.3 Å².